The van der Waals surface area contributed by atoms with E-state index < -0.39 is 72.0 Å². The molecule has 2 aromatic rings. The first kappa shape index (κ1) is 78.6. The van der Waals surface area contributed by atoms with Crippen LogP contribution in [0.4, 0.5) is 21.0 Å². The molecule has 24 nitrogen and oxygen atoms in total. The molecular formula is C73H109N9O15. The minimum absolute atomic E-state index is 0.000316. The number of nitrogens with zero attached hydrogens (tertiary/aromatic N) is 4. The van der Waals surface area contributed by atoms with Gasteiger partial charge in [-0.05, 0) is 136 Å². The number of ether oxygens (including phenoxy) is 3. The predicted molar refractivity (Wildman–Crippen MR) is 367 cm³/mol. The van der Waals surface area contributed by atoms with Gasteiger partial charge >= 0.3 is 12.1 Å². The van der Waals surface area contributed by atoms with Crippen molar-refractivity contribution >= 4 is 76.3 Å². The number of rotatable bonds is 41. The number of carbonyl (C=O) groups excluding carboxylic acids is 11. The molecule has 3 fully saturated rings. The number of imide groups is 1. The molecule has 3 heterocycles. The Morgan fingerprint density at radius 3 is 2.11 bits per heavy atom. The molecule has 2 aromatic carbocycles. The van der Waals surface area contributed by atoms with Crippen LogP contribution in [0.2, 0.25) is 0 Å². The van der Waals surface area contributed by atoms with Gasteiger partial charge in [0.15, 0.2) is 11.6 Å². The number of likely N-dealkylation sites (N-methyl/N-ethyl adjacent to an activating group) is 2. The summed E-state index contributed by atoms with van der Waals surface area (Å²) in [6.45, 7) is 13.9. The van der Waals surface area contributed by atoms with Crippen molar-refractivity contribution < 1.29 is 72.1 Å². The molecule has 536 valence electrons. The Bertz CT molecular complexity index is 3050. The summed E-state index contributed by atoms with van der Waals surface area (Å²) in [6.07, 6.45) is 8.22. The third-order valence-electron chi connectivity index (χ3n) is 20.5. The molecule has 7 N–H and O–H groups in total. The Kier molecular flexibility index (Phi) is 30.9. The maximum absolute atomic E-state index is 14.6. The number of primary amides is 1. The monoisotopic (exact) mass is 1350 g/mol. The van der Waals surface area contributed by atoms with E-state index in [9.17, 15) is 57.8 Å². The van der Waals surface area contributed by atoms with Gasteiger partial charge in [0, 0.05) is 121 Å². The van der Waals surface area contributed by atoms with Gasteiger partial charge in [-0.25, -0.2) is 9.59 Å². The molecule has 1 saturated carbocycles. The average molecular weight is 1350 g/mol. The van der Waals surface area contributed by atoms with E-state index in [4.69, 9.17) is 19.9 Å². The van der Waals surface area contributed by atoms with Crippen LogP contribution in [0.15, 0.2) is 60.7 Å². The lowest BCUT2D eigenvalue weighted by atomic mass is 9.83. The van der Waals surface area contributed by atoms with Crippen molar-refractivity contribution in [3.8, 4) is 0 Å². The molecule has 13 atom stereocenters. The zero-order valence-electron chi connectivity index (χ0n) is 59.0. The summed E-state index contributed by atoms with van der Waals surface area (Å²) in [7, 11) is 6.92. The molecule has 24 heteroatoms. The van der Waals surface area contributed by atoms with Crippen LogP contribution in [0, 0.1) is 47.3 Å². The van der Waals surface area contributed by atoms with E-state index in [0.717, 1.165) is 36.1 Å². The zero-order valence-corrected chi connectivity index (χ0v) is 59.0. The van der Waals surface area contributed by atoms with Crippen molar-refractivity contribution in [3.05, 3.63) is 71.8 Å². The quantitative estimate of drug-likeness (QED) is 0.0273. The number of fused-ring (bicyclic) bond motifs is 2. The van der Waals surface area contributed by atoms with Crippen molar-refractivity contribution in [2.24, 2.45) is 53.1 Å². The van der Waals surface area contributed by atoms with Crippen molar-refractivity contribution in [1.82, 2.24) is 30.2 Å². The third-order valence-corrected chi connectivity index (χ3v) is 20.5. The summed E-state index contributed by atoms with van der Waals surface area (Å²) in [5, 5.41) is 21.6. The normalized spacial score (nSPS) is 20.4. The molecule has 4 aliphatic rings. The van der Waals surface area contributed by atoms with E-state index in [1.54, 1.807) is 94.3 Å². The molecule has 97 heavy (non-hydrogen) atoms. The second kappa shape index (κ2) is 38.1. The van der Waals surface area contributed by atoms with Gasteiger partial charge in [-0.1, -0.05) is 85.6 Å². The van der Waals surface area contributed by atoms with E-state index in [1.165, 1.54) is 12.2 Å². The molecule has 6 rings (SSSR count). The zero-order chi connectivity index (χ0) is 71.2. The van der Waals surface area contributed by atoms with Crippen molar-refractivity contribution in [2.75, 3.05) is 65.2 Å². The summed E-state index contributed by atoms with van der Waals surface area (Å²) < 4.78 is 17.7. The van der Waals surface area contributed by atoms with Crippen LogP contribution in [0.25, 0.3) is 0 Å². The van der Waals surface area contributed by atoms with Gasteiger partial charge in [0.1, 0.15) is 12.4 Å². The summed E-state index contributed by atoms with van der Waals surface area (Å²) >= 11 is 0. The smallest absolute Gasteiger partial charge is 0.411 e. The van der Waals surface area contributed by atoms with Crippen molar-refractivity contribution in [3.63, 3.8) is 0 Å². The molecular weight excluding hydrogens is 1240 g/mol. The fraction of sp³-hybridized carbons (Fsp3) is 0.658. The van der Waals surface area contributed by atoms with E-state index in [1.807, 2.05) is 33.9 Å². The number of hydrogen-bond acceptors (Lipinski definition) is 16. The first-order valence-corrected chi connectivity index (χ1v) is 35.0. The van der Waals surface area contributed by atoms with Crippen LogP contribution in [-0.4, -0.2) is 187 Å². The van der Waals surface area contributed by atoms with Crippen LogP contribution in [-0.2, 0) is 70.4 Å². The Balaban J connectivity index is 0.975. The van der Waals surface area contributed by atoms with Gasteiger partial charge in [-0.2, -0.15) is 0 Å². The minimum atomic E-state index is -0.873. The molecule has 0 spiro atoms. The van der Waals surface area contributed by atoms with Gasteiger partial charge in [0.2, 0.25) is 23.6 Å². The highest BCUT2D eigenvalue weighted by Crippen LogP contribution is 2.43. The van der Waals surface area contributed by atoms with Crippen molar-refractivity contribution in [1.29, 1.82) is 0 Å². The first-order chi connectivity index (χ1) is 46.2. The largest absolute Gasteiger partial charge is 0.444 e. The average Bonchev–Trinajstić information content (AvgIpc) is 1.66. The highest BCUT2D eigenvalue weighted by molar-refractivity contribution is 6.12. The molecule has 0 radical (unpaired) electrons. The number of aliphatic hydroxyl groups is 1. The van der Waals surface area contributed by atoms with Crippen LogP contribution in [0.1, 0.15) is 162 Å². The number of piperidine rings is 1. The van der Waals surface area contributed by atoms with Crippen LogP contribution >= 0.6 is 0 Å². The number of nitrogens with one attached hydrogen (secondary N) is 4. The molecule has 2 bridgehead atoms. The fourth-order valence-corrected chi connectivity index (χ4v) is 14.8. The second-order valence-corrected chi connectivity index (χ2v) is 28.0. The molecule has 1 aliphatic carbocycles. The SMILES string of the molecule is CC[C@H](C)[C@@H]([C@@H](CC(=O)N1CCC[C@H]1[C@H](OC)[C@@H](C)C(=O)C[C@H](CO)Cc1cccc(NC(=O)OCc2ccc(NC(=O)[C@H](CCCNC(N)=O)CC(=O)[C@@H](NC(=O)CCCCCN3C(=O)C=CC3=O)C(C)C)cc2)c1)OC)N(C)C(=O)[C@@H](CC(=O)[C@@H]1[C@H]2CC[C@H](C2)N1C)C(C)C. The second-order valence-electron chi connectivity index (χ2n) is 28.0. The number of likely N-dealkylation sites (tertiary alicyclic amines) is 2. The van der Waals surface area contributed by atoms with Crippen LogP contribution in [0.3, 0.4) is 0 Å². The number of Topliss-reactive ketones (excluding diaryl/α,β-unsaturated/α-hetero) is 3. The Morgan fingerprint density at radius 1 is 0.784 bits per heavy atom. The number of methoxy groups -OCH3 is 2. The number of unbranched alkanes of at least 4 members (excludes halogenated alkanes) is 2. The van der Waals surface area contributed by atoms with Gasteiger partial charge < -0.3 is 50.8 Å². The number of nitrogens with two attached hydrogens (primary N) is 1. The molecule has 0 aromatic heterocycles. The lowest BCUT2D eigenvalue weighted by molar-refractivity contribution is -0.149. The number of anilines is 2. The highest BCUT2D eigenvalue weighted by atomic mass is 16.5. The maximum Gasteiger partial charge on any atom is 0.411 e. The van der Waals surface area contributed by atoms with Gasteiger partial charge in [-0.3, -0.25) is 58.3 Å². The number of aliphatic hydroxyl groups excluding tert-OH is 1. The van der Waals surface area contributed by atoms with E-state index in [2.05, 4.69) is 33.1 Å². The molecule has 9 amide bonds. The Hall–Kier alpha value is -7.41. The lowest BCUT2D eigenvalue weighted by Crippen LogP contribution is -2.54. The van der Waals surface area contributed by atoms with E-state index in [0.29, 0.717) is 80.4 Å². The van der Waals surface area contributed by atoms with Gasteiger partial charge in [-0.15, -0.1) is 0 Å². The summed E-state index contributed by atoms with van der Waals surface area (Å²) in [4.78, 5) is 153. The number of ketones is 3. The third kappa shape index (κ3) is 22.3. The van der Waals surface area contributed by atoms with Crippen LogP contribution in [0.5, 0.6) is 0 Å². The standard InChI is InChI=1S/C73H109N9O15/c1-12-46(6)67(80(9)71(92)56(44(2)3)40-60(86)68-51-26-29-55(38-51)79(68)8)61(95-10)41-65(90)81-34-18-22-57(81)69(96-11)47(7)58(84)37-50(42-83)35-49-19-16-21-54(36-49)77-73(94)97-43-48-24-27-53(28-25-48)76-70(91)52(20-17-32-75-72(74)93)39-59(85)66(45(4)5)78-62(87)23-14-13-15-33-82-63(88)30-31-64(82)89/h16,19,21,24-25,27-28,30-31,36,44-47,50-52,55-57,61,66-69,83H,12-15,17-18,20,22-23,26,29,32-35,37-43H2,1-11H3,(H,76,91)(H,77,94)(H,78,87)(H3,74,75,93)/t46-,47-,50+,51-,52+,55+,56-,57-,61+,66-,67-,68-,69+/m0/s1. The number of carbonyl (C=O) groups is 11. The van der Waals surface area contributed by atoms with Gasteiger partial charge in [0.25, 0.3) is 11.8 Å². The fourth-order valence-electron chi connectivity index (χ4n) is 14.8. The van der Waals surface area contributed by atoms with Crippen molar-refractivity contribution in [2.45, 2.75) is 207 Å². The molecule has 2 saturated heterocycles. The molecule has 3 aliphatic heterocycles. The minimum Gasteiger partial charge on any atom is -0.444 e. The first-order valence-electron chi connectivity index (χ1n) is 35.0. The number of hydrogen-bond donors (Lipinski definition) is 6. The predicted octanol–water partition coefficient (Wildman–Crippen LogP) is 7.77. The number of urea groups is 1. The van der Waals surface area contributed by atoms with E-state index in [-0.39, 0.29) is 136 Å². The van der Waals surface area contributed by atoms with Crippen LogP contribution < -0.4 is 27.0 Å². The van der Waals surface area contributed by atoms with E-state index >= 15 is 0 Å². The summed E-state index contributed by atoms with van der Waals surface area (Å²) in [5.41, 5.74) is 7.44. The maximum atomic E-state index is 14.6. The Morgan fingerprint density at radius 2 is 1.49 bits per heavy atom. The highest BCUT2D eigenvalue weighted by Gasteiger charge is 2.49. The number of amides is 9. The molecule has 0 unspecified atom stereocenters. The summed E-state index contributed by atoms with van der Waals surface area (Å²) in [6, 6.07) is 11.4. The lowest BCUT2D eigenvalue weighted by Gasteiger charge is -2.41. The topological polar surface area (TPSA) is 323 Å². The van der Waals surface area contributed by atoms with Gasteiger partial charge in [0.05, 0.1) is 42.8 Å². The summed E-state index contributed by atoms with van der Waals surface area (Å²) in [5.74, 6) is -4.70. The Labute approximate surface area is 573 Å². The number of benzene rings is 2.